The Bertz CT molecular complexity index is 1540. The zero-order chi connectivity index (χ0) is 25.8. The number of benzene rings is 3. The summed E-state index contributed by atoms with van der Waals surface area (Å²) in [6.07, 6.45) is -1.42. The van der Waals surface area contributed by atoms with Crippen molar-refractivity contribution >= 4 is 16.7 Å². The number of hydrogen-bond acceptors (Lipinski definition) is 6. The molecule has 0 aliphatic heterocycles. The van der Waals surface area contributed by atoms with E-state index in [-0.39, 0.29) is 19.1 Å². The number of hydrogen-bond donors (Lipinski definition) is 1. The number of carbonyl (C=O) groups is 1. The summed E-state index contributed by atoms with van der Waals surface area (Å²) >= 11 is 0. The van der Waals surface area contributed by atoms with Crippen molar-refractivity contribution in [1.82, 2.24) is 20.4 Å². The first kappa shape index (κ1) is 24.0. The lowest BCUT2D eigenvalue weighted by atomic mass is 9.96. The second kappa shape index (κ2) is 10.1. The third-order valence-electron chi connectivity index (χ3n) is 5.62. The van der Waals surface area contributed by atoms with Crippen LogP contribution in [0.25, 0.3) is 21.9 Å². The molecule has 10 heteroatoms. The van der Waals surface area contributed by atoms with Gasteiger partial charge in [-0.2, -0.15) is 13.2 Å². The number of aromatic nitrogens is 3. The van der Waals surface area contributed by atoms with Crippen molar-refractivity contribution in [1.29, 1.82) is 0 Å². The molecule has 0 spiro atoms. The van der Waals surface area contributed by atoms with Crippen LogP contribution in [0.5, 0.6) is 5.88 Å². The van der Waals surface area contributed by atoms with E-state index in [9.17, 15) is 18.0 Å². The summed E-state index contributed by atoms with van der Waals surface area (Å²) < 4.78 is 48.9. The number of nitrogens with one attached hydrogen (secondary N) is 1. The Morgan fingerprint density at radius 3 is 2.59 bits per heavy atom. The van der Waals surface area contributed by atoms with Crippen LogP contribution < -0.4 is 10.1 Å². The van der Waals surface area contributed by atoms with Crippen molar-refractivity contribution in [3.8, 4) is 17.0 Å². The lowest BCUT2D eigenvalue weighted by molar-refractivity contribution is -0.137. The average molecular weight is 504 g/mol. The number of ether oxygens (including phenoxy) is 1. The minimum Gasteiger partial charge on any atom is -0.467 e. The van der Waals surface area contributed by atoms with Crippen molar-refractivity contribution < 1.29 is 27.2 Å². The molecule has 0 bridgehead atoms. The number of carbonyl (C=O) groups excluding carboxylic acids is 1. The van der Waals surface area contributed by atoms with Gasteiger partial charge in [0.15, 0.2) is 5.82 Å². The molecule has 0 unspecified atom stereocenters. The molecule has 0 atom stereocenters. The first-order chi connectivity index (χ1) is 17.9. The highest BCUT2D eigenvalue weighted by Gasteiger charge is 2.30. The standard InChI is InChI=1S/C27H19F3N4O3/c28-27(29,30)20-7-4-17(5-8-20)22-3-1-2-18-14-19(6-9-23(18)22)26(35)32-15-21-10-12-31-24(33-21)16-36-25-11-13-37-34-25/h1-14H,15-16H2,(H,32,35). The van der Waals surface area contributed by atoms with Gasteiger partial charge in [-0.25, -0.2) is 9.97 Å². The molecule has 5 aromatic rings. The Labute approximate surface area is 208 Å². The SMILES string of the molecule is O=C(NCc1ccnc(COc2ccon2)n1)c1ccc2c(-c3ccc(C(F)(F)F)cc3)cccc2c1. The van der Waals surface area contributed by atoms with E-state index in [2.05, 4.69) is 20.4 Å². The fraction of sp³-hybridized carbons (Fsp3) is 0.111. The molecule has 0 radical (unpaired) electrons. The van der Waals surface area contributed by atoms with Crippen LogP contribution in [-0.4, -0.2) is 21.0 Å². The number of rotatable bonds is 7. The summed E-state index contributed by atoms with van der Waals surface area (Å²) in [5.41, 5.74) is 1.78. The summed E-state index contributed by atoms with van der Waals surface area (Å²) in [6, 6.07) is 19.0. The Morgan fingerprint density at radius 2 is 1.84 bits per heavy atom. The summed E-state index contributed by atoms with van der Waals surface area (Å²) in [6.45, 7) is 0.280. The van der Waals surface area contributed by atoms with Gasteiger partial charge in [0.25, 0.3) is 11.8 Å². The predicted octanol–water partition coefficient (Wildman–Crippen LogP) is 5.81. The highest BCUT2D eigenvalue weighted by atomic mass is 19.4. The van der Waals surface area contributed by atoms with E-state index in [0.29, 0.717) is 28.5 Å². The molecule has 0 aliphatic carbocycles. The van der Waals surface area contributed by atoms with Gasteiger partial charge in [0.2, 0.25) is 0 Å². The highest BCUT2D eigenvalue weighted by molar-refractivity contribution is 6.02. The Balaban J connectivity index is 1.28. The van der Waals surface area contributed by atoms with Crippen LogP contribution >= 0.6 is 0 Å². The van der Waals surface area contributed by atoms with E-state index in [0.717, 1.165) is 28.5 Å². The maximum absolute atomic E-state index is 12.9. The molecule has 1 N–H and O–H groups in total. The molecule has 0 fully saturated rings. The summed E-state index contributed by atoms with van der Waals surface area (Å²) in [5.74, 6) is 0.456. The number of amides is 1. The molecular weight excluding hydrogens is 485 g/mol. The van der Waals surface area contributed by atoms with Gasteiger partial charge in [0.1, 0.15) is 12.9 Å². The van der Waals surface area contributed by atoms with Crippen LogP contribution in [-0.2, 0) is 19.3 Å². The zero-order valence-corrected chi connectivity index (χ0v) is 19.2. The molecule has 5 rings (SSSR count). The van der Waals surface area contributed by atoms with Crippen molar-refractivity contribution in [3.63, 3.8) is 0 Å². The van der Waals surface area contributed by atoms with Gasteiger partial charge in [0.05, 0.1) is 17.8 Å². The van der Waals surface area contributed by atoms with Gasteiger partial charge >= 0.3 is 6.18 Å². The van der Waals surface area contributed by atoms with Gasteiger partial charge in [-0.3, -0.25) is 4.79 Å². The number of fused-ring (bicyclic) bond motifs is 1. The van der Waals surface area contributed by atoms with Crippen LogP contribution in [0.3, 0.4) is 0 Å². The van der Waals surface area contributed by atoms with Gasteiger partial charge in [-0.15, -0.1) is 0 Å². The summed E-state index contributed by atoms with van der Waals surface area (Å²) in [5, 5.41) is 8.11. The molecule has 2 aromatic heterocycles. The van der Waals surface area contributed by atoms with Crippen LogP contribution in [0.1, 0.15) is 27.4 Å². The Kier molecular flexibility index (Phi) is 6.55. The van der Waals surface area contributed by atoms with E-state index < -0.39 is 11.7 Å². The van der Waals surface area contributed by atoms with E-state index in [1.54, 1.807) is 42.6 Å². The molecule has 0 saturated heterocycles. The fourth-order valence-electron chi connectivity index (χ4n) is 3.81. The largest absolute Gasteiger partial charge is 0.467 e. The predicted molar refractivity (Wildman–Crippen MR) is 128 cm³/mol. The maximum atomic E-state index is 12.9. The van der Waals surface area contributed by atoms with Crippen molar-refractivity contribution in [2.24, 2.45) is 0 Å². The Morgan fingerprint density at radius 1 is 1.00 bits per heavy atom. The molecular formula is C27H19F3N4O3. The number of halogens is 3. The van der Waals surface area contributed by atoms with E-state index in [1.165, 1.54) is 18.4 Å². The number of alkyl halides is 3. The van der Waals surface area contributed by atoms with Crippen molar-refractivity contribution in [2.75, 3.05) is 0 Å². The lowest BCUT2D eigenvalue weighted by Crippen LogP contribution is -2.23. The Hall–Kier alpha value is -4.73. The third kappa shape index (κ3) is 5.58. The minimum atomic E-state index is -4.39. The molecule has 1 amide bonds. The van der Waals surface area contributed by atoms with Crippen LogP contribution in [0.15, 0.2) is 89.8 Å². The third-order valence-corrected chi connectivity index (χ3v) is 5.62. The van der Waals surface area contributed by atoms with Crippen LogP contribution in [0.2, 0.25) is 0 Å². The second-order valence-electron chi connectivity index (χ2n) is 8.09. The molecule has 2 heterocycles. The number of nitrogens with zero attached hydrogens (tertiary/aromatic N) is 3. The highest BCUT2D eigenvalue weighted by Crippen LogP contribution is 2.33. The monoisotopic (exact) mass is 504 g/mol. The van der Waals surface area contributed by atoms with Gasteiger partial charge in [-0.05, 0) is 57.4 Å². The average Bonchev–Trinajstić information content (AvgIpc) is 3.43. The second-order valence-corrected chi connectivity index (χ2v) is 8.09. The normalized spacial score (nSPS) is 11.4. The quantitative estimate of drug-likeness (QED) is 0.301. The van der Waals surface area contributed by atoms with Crippen LogP contribution in [0, 0.1) is 0 Å². The molecule has 0 aliphatic rings. The zero-order valence-electron chi connectivity index (χ0n) is 19.2. The lowest BCUT2D eigenvalue weighted by Gasteiger charge is -2.11. The first-order valence-corrected chi connectivity index (χ1v) is 11.2. The first-order valence-electron chi connectivity index (χ1n) is 11.2. The van der Waals surface area contributed by atoms with E-state index in [1.807, 2.05) is 12.1 Å². The molecule has 186 valence electrons. The fourth-order valence-corrected chi connectivity index (χ4v) is 3.81. The molecule has 7 nitrogen and oxygen atoms in total. The van der Waals surface area contributed by atoms with E-state index in [4.69, 9.17) is 9.26 Å². The molecule has 37 heavy (non-hydrogen) atoms. The molecule has 0 saturated carbocycles. The van der Waals surface area contributed by atoms with E-state index >= 15 is 0 Å². The summed E-state index contributed by atoms with van der Waals surface area (Å²) in [4.78, 5) is 21.3. The van der Waals surface area contributed by atoms with Crippen molar-refractivity contribution in [2.45, 2.75) is 19.3 Å². The summed E-state index contributed by atoms with van der Waals surface area (Å²) in [7, 11) is 0. The smallest absolute Gasteiger partial charge is 0.416 e. The van der Waals surface area contributed by atoms with Gasteiger partial charge in [0, 0.05) is 17.8 Å². The van der Waals surface area contributed by atoms with Gasteiger partial charge < -0.3 is 14.6 Å². The van der Waals surface area contributed by atoms with Crippen LogP contribution in [0.4, 0.5) is 13.2 Å². The topological polar surface area (TPSA) is 90.1 Å². The van der Waals surface area contributed by atoms with Crippen molar-refractivity contribution in [3.05, 3.63) is 108 Å². The van der Waals surface area contributed by atoms with Gasteiger partial charge in [-0.1, -0.05) is 36.4 Å². The maximum Gasteiger partial charge on any atom is 0.416 e. The minimum absolute atomic E-state index is 0.0975. The molecule has 3 aromatic carbocycles.